The van der Waals surface area contributed by atoms with Crippen LogP contribution in [-0.2, 0) is 7.05 Å². The average Bonchev–Trinajstić information content (AvgIpc) is 3.28. The van der Waals surface area contributed by atoms with Gasteiger partial charge < -0.3 is 15.1 Å². The van der Waals surface area contributed by atoms with E-state index in [0.29, 0.717) is 11.6 Å². The van der Waals surface area contributed by atoms with E-state index >= 15 is 0 Å². The van der Waals surface area contributed by atoms with Crippen molar-refractivity contribution in [3.8, 4) is 11.3 Å². The number of amides is 1. The van der Waals surface area contributed by atoms with Gasteiger partial charge in [-0.2, -0.15) is 5.10 Å². The maximum absolute atomic E-state index is 12.6. The van der Waals surface area contributed by atoms with Crippen molar-refractivity contribution in [3.05, 3.63) is 40.2 Å². The monoisotopic (exact) mass is 431 g/mol. The van der Waals surface area contributed by atoms with Crippen LogP contribution in [0.3, 0.4) is 0 Å². The summed E-state index contributed by atoms with van der Waals surface area (Å²) >= 11 is 7.49. The van der Waals surface area contributed by atoms with Crippen molar-refractivity contribution in [2.45, 2.75) is 6.42 Å². The second kappa shape index (κ2) is 8.83. The average molecular weight is 432 g/mol. The van der Waals surface area contributed by atoms with Gasteiger partial charge in [0, 0.05) is 55.7 Å². The maximum Gasteiger partial charge on any atom is 0.261 e. The van der Waals surface area contributed by atoms with Gasteiger partial charge in [-0.3, -0.25) is 9.48 Å². The predicted molar refractivity (Wildman–Crippen MR) is 120 cm³/mol. The Morgan fingerprint density at radius 3 is 2.62 bits per heavy atom. The molecule has 8 heteroatoms. The summed E-state index contributed by atoms with van der Waals surface area (Å²) in [6.07, 6.45) is 0.970. The van der Waals surface area contributed by atoms with Crippen molar-refractivity contribution in [2.24, 2.45) is 7.05 Å². The van der Waals surface area contributed by atoms with Gasteiger partial charge in [-0.25, -0.2) is 0 Å². The summed E-state index contributed by atoms with van der Waals surface area (Å²) in [7, 11) is 4.08. The summed E-state index contributed by atoms with van der Waals surface area (Å²) in [5, 5.41) is 9.40. The predicted octanol–water partition coefficient (Wildman–Crippen LogP) is 3.32. The number of carbonyl (C=O) groups is 1. The number of rotatable bonds is 6. The first-order chi connectivity index (χ1) is 14.0. The molecule has 0 radical (unpaired) electrons. The fraction of sp³-hybridized carbons (Fsp3) is 0.429. The van der Waals surface area contributed by atoms with Crippen molar-refractivity contribution in [3.63, 3.8) is 0 Å². The highest BCUT2D eigenvalue weighted by molar-refractivity contribution is 7.20. The number of aryl methyl sites for hydroxylation is 1. The van der Waals surface area contributed by atoms with E-state index in [1.165, 1.54) is 11.3 Å². The van der Waals surface area contributed by atoms with E-state index in [-0.39, 0.29) is 5.91 Å². The lowest BCUT2D eigenvalue weighted by molar-refractivity contribution is 0.0953. The van der Waals surface area contributed by atoms with Crippen LogP contribution in [0, 0.1) is 0 Å². The van der Waals surface area contributed by atoms with Crippen molar-refractivity contribution in [1.29, 1.82) is 0 Å². The second-order valence-corrected chi connectivity index (χ2v) is 9.03. The number of likely N-dealkylation sites (N-methyl/N-ethyl adjacent to an activating group) is 1. The Morgan fingerprint density at radius 1 is 1.17 bits per heavy atom. The van der Waals surface area contributed by atoms with Crippen molar-refractivity contribution in [2.75, 3.05) is 46.3 Å². The second-order valence-electron chi connectivity index (χ2n) is 7.56. The highest BCUT2D eigenvalue weighted by atomic mass is 35.5. The zero-order valence-corrected chi connectivity index (χ0v) is 18.4. The number of fused-ring (bicyclic) bond motifs is 1. The molecule has 1 aromatic carbocycles. The van der Waals surface area contributed by atoms with Gasteiger partial charge in [-0.1, -0.05) is 23.7 Å². The zero-order chi connectivity index (χ0) is 20.4. The summed E-state index contributed by atoms with van der Waals surface area (Å²) in [6, 6.07) is 9.59. The maximum atomic E-state index is 12.6. The molecule has 3 heterocycles. The molecule has 0 aliphatic carbocycles. The molecule has 1 saturated heterocycles. The molecule has 3 aromatic rings. The molecule has 6 nitrogen and oxygen atoms in total. The number of halogens is 1. The lowest BCUT2D eigenvalue weighted by atomic mass is 10.1. The third-order valence-electron chi connectivity index (χ3n) is 5.39. The van der Waals surface area contributed by atoms with E-state index in [4.69, 9.17) is 11.6 Å². The fourth-order valence-corrected chi connectivity index (χ4v) is 4.75. The third-order valence-corrected chi connectivity index (χ3v) is 6.84. The number of hydrogen-bond acceptors (Lipinski definition) is 5. The number of carbonyl (C=O) groups excluding carboxylic acids is 1. The number of piperazine rings is 1. The zero-order valence-electron chi connectivity index (χ0n) is 16.8. The minimum atomic E-state index is -0.00775. The molecule has 29 heavy (non-hydrogen) atoms. The molecule has 0 unspecified atom stereocenters. The molecule has 2 aromatic heterocycles. The van der Waals surface area contributed by atoms with Crippen LogP contribution in [0.2, 0.25) is 5.02 Å². The van der Waals surface area contributed by atoms with E-state index in [9.17, 15) is 4.79 Å². The summed E-state index contributed by atoms with van der Waals surface area (Å²) in [6.45, 7) is 6.20. The molecule has 0 atom stereocenters. The lowest BCUT2D eigenvalue weighted by Crippen LogP contribution is -2.45. The lowest BCUT2D eigenvalue weighted by Gasteiger charge is -2.32. The Hall–Kier alpha value is -1.93. The Morgan fingerprint density at radius 2 is 1.90 bits per heavy atom. The molecule has 1 amide bonds. The minimum absolute atomic E-state index is 0.00775. The Kier molecular flexibility index (Phi) is 6.20. The SMILES string of the molecule is CN1CCN(CCCNC(=O)c2cc3c(-c4ccc(Cl)cc4)nn(C)c3s2)CC1. The Bertz CT molecular complexity index is 989. The van der Waals surface area contributed by atoms with Crippen LogP contribution in [0.25, 0.3) is 21.5 Å². The van der Waals surface area contributed by atoms with Gasteiger partial charge in [-0.05, 0) is 38.2 Å². The van der Waals surface area contributed by atoms with E-state index in [2.05, 4.69) is 27.3 Å². The Balaban J connectivity index is 1.38. The van der Waals surface area contributed by atoms with Gasteiger partial charge >= 0.3 is 0 Å². The molecular weight excluding hydrogens is 406 g/mol. The minimum Gasteiger partial charge on any atom is -0.351 e. The third kappa shape index (κ3) is 4.64. The fourth-order valence-electron chi connectivity index (χ4n) is 3.64. The Labute approximate surface area is 180 Å². The molecule has 154 valence electrons. The van der Waals surface area contributed by atoms with Gasteiger partial charge in [0.05, 0.1) is 4.88 Å². The number of thiophene rings is 1. The van der Waals surface area contributed by atoms with Crippen molar-refractivity contribution >= 4 is 39.1 Å². The summed E-state index contributed by atoms with van der Waals surface area (Å²) in [4.78, 5) is 19.2. The molecule has 1 N–H and O–H groups in total. The molecule has 0 saturated carbocycles. The molecular formula is C21H26ClN5OS. The standard InChI is InChI=1S/C21H26ClN5OS/c1-25-10-12-27(13-11-25)9-3-8-23-20(28)18-14-17-19(24-26(2)21(17)29-18)15-4-6-16(22)7-5-15/h4-7,14H,3,8-13H2,1-2H3,(H,23,28). The molecule has 4 rings (SSSR count). The number of aromatic nitrogens is 2. The number of benzene rings is 1. The molecule has 1 aliphatic rings. The summed E-state index contributed by atoms with van der Waals surface area (Å²) in [5.41, 5.74) is 1.88. The van der Waals surface area contributed by atoms with Crippen LogP contribution in [0.1, 0.15) is 16.1 Å². The van der Waals surface area contributed by atoms with Gasteiger partial charge in [0.2, 0.25) is 0 Å². The van der Waals surface area contributed by atoms with Gasteiger partial charge in [-0.15, -0.1) is 11.3 Å². The number of nitrogens with zero attached hydrogens (tertiary/aromatic N) is 4. The van der Waals surface area contributed by atoms with E-state index in [1.807, 2.05) is 42.1 Å². The number of hydrogen-bond donors (Lipinski definition) is 1. The first-order valence-corrected chi connectivity index (χ1v) is 11.1. The van der Waals surface area contributed by atoms with Crippen LogP contribution in [0.4, 0.5) is 0 Å². The van der Waals surface area contributed by atoms with Gasteiger partial charge in [0.15, 0.2) is 0 Å². The van der Waals surface area contributed by atoms with Crippen molar-refractivity contribution in [1.82, 2.24) is 24.9 Å². The molecule has 0 spiro atoms. The van der Waals surface area contributed by atoms with E-state index in [1.54, 1.807) is 0 Å². The normalized spacial score (nSPS) is 15.8. The first kappa shape index (κ1) is 20.3. The van der Waals surface area contributed by atoms with Gasteiger partial charge in [0.25, 0.3) is 5.91 Å². The van der Waals surface area contributed by atoms with Gasteiger partial charge in [0.1, 0.15) is 10.5 Å². The highest BCUT2D eigenvalue weighted by Crippen LogP contribution is 2.34. The van der Waals surface area contributed by atoms with Crippen molar-refractivity contribution < 1.29 is 4.79 Å². The quantitative estimate of drug-likeness (QED) is 0.608. The molecule has 1 aliphatic heterocycles. The molecule has 0 bridgehead atoms. The number of nitrogens with one attached hydrogen (secondary N) is 1. The first-order valence-electron chi connectivity index (χ1n) is 9.93. The van der Waals surface area contributed by atoms with Crippen LogP contribution in [0.15, 0.2) is 30.3 Å². The van der Waals surface area contributed by atoms with E-state index < -0.39 is 0 Å². The topological polar surface area (TPSA) is 53.4 Å². The smallest absolute Gasteiger partial charge is 0.261 e. The highest BCUT2D eigenvalue weighted by Gasteiger charge is 2.18. The summed E-state index contributed by atoms with van der Waals surface area (Å²) in [5.74, 6) is -0.00775. The van der Waals surface area contributed by atoms with Crippen LogP contribution in [-0.4, -0.2) is 71.8 Å². The van der Waals surface area contributed by atoms with Crippen LogP contribution >= 0.6 is 22.9 Å². The van der Waals surface area contributed by atoms with E-state index in [0.717, 1.165) is 65.5 Å². The molecule has 1 fully saturated rings. The van der Waals surface area contributed by atoms with Crippen LogP contribution in [0.5, 0.6) is 0 Å². The largest absolute Gasteiger partial charge is 0.351 e. The summed E-state index contributed by atoms with van der Waals surface area (Å²) < 4.78 is 1.84. The van der Waals surface area contributed by atoms with Crippen LogP contribution < -0.4 is 5.32 Å².